The molecule has 0 aromatic rings. The molecule has 0 bridgehead atoms. The van der Waals surface area contributed by atoms with E-state index < -0.39 is 0 Å². The Morgan fingerprint density at radius 3 is 2.43 bits per heavy atom. The molecule has 0 unspecified atom stereocenters. The van der Waals surface area contributed by atoms with Crippen molar-refractivity contribution in [3.63, 3.8) is 0 Å². The van der Waals surface area contributed by atoms with Gasteiger partial charge in [0.1, 0.15) is 0 Å². The number of hydrogen-bond donors (Lipinski definition) is 0. The first-order valence-corrected chi connectivity index (χ1v) is 5.54. The fourth-order valence-corrected chi connectivity index (χ4v) is 2.30. The minimum absolute atomic E-state index is 0. The van der Waals surface area contributed by atoms with E-state index in [9.17, 15) is 0 Å². The second-order valence-electron chi connectivity index (χ2n) is 3.24. The van der Waals surface area contributed by atoms with E-state index >= 15 is 0 Å². The molecule has 0 nitrogen and oxygen atoms in total. The van der Waals surface area contributed by atoms with Crippen LogP contribution in [0.2, 0.25) is 0 Å². The topological polar surface area (TPSA) is 0 Å². The Morgan fingerprint density at radius 2 is 1.93 bits per heavy atom. The molecule has 0 aromatic carbocycles. The molecule has 0 aliphatic heterocycles. The Morgan fingerprint density at radius 1 is 1.14 bits per heavy atom. The molecule has 2 aliphatic rings. The predicted molar refractivity (Wildman–Crippen MR) is 61.7 cm³/mol. The molecule has 0 aromatic heterocycles. The molecular formula is C11H13Cl2Zr. The van der Waals surface area contributed by atoms with Gasteiger partial charge in [0.15, 0.2) is 0 Å². The van der Waals surface area contributed by atoms with Crippen LogP contribution in [0.15, 0.2) is 44.8 Å². The van der Waals surface area contributed by atoms with Gasteiger partial charge in [-0.25, -0.2) is 0 Å². The van der Waals surface area contributed by atoms with Gasteiger partial charge in [0.05, 0.1) is 0 Å². The average Bonchev–Trinajstić information content (AvgIpc) is 2.65. The van der Waals surface area contributed by atoms with Gasteiger partial charge in [-0.05, 0) is 0 Å². The van der Waals surface area contributed by atoms with Gasteiger partial charge in [-0.3, -0.25) is 0 Å². The summed E-state index contributed by atoms with van der Waals surface area (Å²) in [5, 5.41) is 0. The van der Waals surface area contributed by atoms with Crippen LogP contribution in [0.3, 0.4) is 0 Å². The molecule has 0 saturated heterocycles. The molecule has 0 spiro atoms. The summed E-state index contributed by atoms with van der Waals surface area (Å²) in [5.41, 5.74) is 3.14. The number of allylic oxidation sites excluding steroid dienone is 8. The van der Waals surface area contributed by atoms with Crippen LogP contribution in [0.25, 0.3) is 0 Å². The molecule has 0 saturated carbocycles. The Bertz CT molecular complexity index is 311. The van der Waals surface area contributed by atoms with Crippen LogP contribution in [0.5, 0.6) is 0 Å². The summed E-state index contributed by atoms with van der Waals surface area (Å²) in [4.78, 5) is 0. The molecule has 0 radical (unpaired) electrons. The third-order valence-corrected chi connectivity index (χ3v) is 3.59. The third kappa shape index (κ3) is 3.53. The third-order valence-electron chi connectivity index (χ3n) is 2.29. The number of hydrogen-bond acceptors (Lipinski definition) is 0. The number of rotatable bonds is 2. The zero-order valence-corrected chi connectivity index (χ0v) is 11.9. The quantitative estimate of drug-likeness (QED) is 0.726. The van der Waals surface area contributed by atoms with Crippen molar-refractivity contribution in [1.82, 2.24) is 0 Å². The summed E-state index contributed by atoms with van der Waals surface area (Å²) < 4.78 is 1.63. The fourth-order valence-electron chi connectivity index (χ4n) is 1.58. The molecule has 0 N–H and O–H groups in total. The van der Waals surface area contributed by atoms with Gasteiger partial charge < -0.3 is 0 Å². The van der Waals surface area contributed by atoms with Crippen LogP contribution in [-0.4, -0.2) is 0 Å². The van der Waals surface area contributed by atoms with Crippen molar-refractivity contribution in [1.29, 1.82) is 0 Å². The van der Waals surface area contributed by atoms with Gasteiger partial charge in [-0.2, -0.15) is 0 Å². The van der Waals surface area contributed by atoms with Gasteiger partial charge in [-0.15, -0.1) is 24.8 Å². The Labute approximate surface area is 113 Å². The Balaban J connectivity index is 0.000000845. The molecule has 0 amide bonds. The summed E-state index contributed by atoms with van der Waals surface area (Å²) in [6.45, 7) is 0. The van der Waals surface area contributed by atoms with Crippen LogP contribution in [0.4, 0.5) is 0 Å². The van der Waals surface area contributed by atoms with Crippen molar-refractivity contribution < 1.29 is 24.7 Å². The van der Waals surface area contributed by atoms with E-state index in [0.29, 0.717) is 0 Å². The molecule has 14 heavy (non-hydrogen) atoms. The molecule has 2 rings (SSSR count). The van der Waals surface area contributed by atoms with E-state index in [0.717, 1.165) is 0 Å². The maximum absolute atomic E-state index is 2.29. The van der Waals surface area contributed by atoms with E-state index in [1.807, 2.05) is 0 Å². The normalized spacial score (nSPS) is 17.8. The monoisotopic (exact) mass is 305 g/mol. The Hall–Kier alpha value is 0.423. The second kappa shape index (κ2) is 6.82. The van der Waals surface area contributed by atoms with Crippen LogP contribution < -0.4 is 0 Å². The van der Waals surface area contributed by atoms with Crippen molar-refractivity contribution in [3.8, 4) is 0 Å². The van der Waals surface area contributed by atoms with Crippen LogP contribution in [0, 0.1) is 0 Å². The summed E-state index contributed by atoms with van der Waals surface area (Å²) in [6, 6.07) is 0. The first kappa shape index (κ1) is 14.4. The van der Waals surface area contributed by atoms with E-state index in [-0.39, 0.29) is 24.8 Å². The summed E-state index contributed by atoms with van der Waals surface area (Å²) in [7, 11) is 0. The molecule has 3 heteroatoms. The zero-order valence-electron chi connectivity index (χ0n) is 7.82. The average molecular weight is 307 g/mol. The van der Waals surface area contributed by atoms with E-state index in [1.165, 1.54) is 19.3 Å². The van der Waals surface area contributed by atoms with Crippen molar-refractivity contribution in [2.24, 2.45) is 0 Å². The van der Waals surface area contributed by atoms with Crippen LogP contribution in [-0.2, 0) is 24.7 Å². The molecule has 75 valence electrons. The van der Waals surface area contributed by atoms with Crippen LogP contribution in [0.1, 0.15) is 19.3 Å². The zero-order chi connectivity index (χ0) is 8.39. The van der Waals surface area contributed by atoms with Crippen molar-refractivity contribution in [3.05, 3.63) is 44.8 Å². The first-order valence-electron chi connectivity index (χ1n) is 4.31. The van der Waals surface area contributed by atoms with E-state index in [1.54, 1.807) is 39.1 Å². The van der Waals surface area contributed by atoms with Gasteiger partial charge >= 0.3 is 88.8 Å². The molecule has 0 fully saturated rings. The van der Waals surface area contributed by atoms with E-state index in [2.05, 4.69) is 30.4 Å². The summed E-state index contributed by atoms with van der Waals surface area (Å²) in [5.74, 6) is 0. The maximum atomic E-state index is 2.29. The Kier molecular flexibility index (Phi) is 7.03. The SMILES string of the molecule is Cl.Cl.[Zr][C]1=C(CC2=CC=CC2)C=CC1. The summed E-state index contributed by atoms with van der Waals surface area (Å²) in [6.07, 6.45) is 14.8. The van der Waals surface area contributed by atoms with E-state index in [4.69, 9.17) is 0 Å². The first-order chi connectivity index (χ1) is 5.86. The molecular weight excluding hydrogens is 294 g/mol. The van der Waals surface area contributed by atoms with Crippen molar-refractivity contribution in [2.45, 2.75) is 19.3 Å². The molecule has 0 atom stereocenters. The molecule has 0 heterocycles. The van der Waals surface area contributed by atoms with Gasteiger partial charge in [0, 0.05) is 0 Å². The standard InChI is InChI=1S/C11H11.2ClH.Zr/c1-2-6-10(5-1)9-11-7-3-4-8-11;;;/h1-3,5,7H,4,6,9H2;2*1H;. The second-order valence-corrected chi connectivity index (χ2v) is 4.73. The minimum atomic E-state index is 0. The summed E-state index contributed by atoms with van der Waals surface area (Å²) >= 11 is 1.59. The van der Waals surface area contributed by atoms with Gasteiger partial charge in [0.25, 0.3) is 0 Å². The van der Waals surface area contributed by atoms with Crippen LogP contribution >= 0.6 is 24.8 Å². The predicted octanol–water partition coefficient (Wildman–Crippen LogP) is 3.87. The molecule has 2 aliphatic carbocycles. The van der Waals surface area contributed by atoms with Crippen molar-refractivity contribution >= 4 is 24.8 Å². The van der Waals surface area contributed by atoms with Gasteiger partial charge in [-0.1, -0.05) is 0 Å². The number of halogens is 2. The van der Waals surface area contributed by atoms with Gasteiger partial charge in [0.2, 0.25) is 0 Å². The fraction of sp³-hybridized carbons (Fsp3) is 0.273. The van der Waals surface area contributed by atoms with Crippen molar-refractivity contribution in [2.75, 3.05) is 0 Å².